The predicted molar refractivity (Wildman–Crippen MR) is 55.6 cm³/mol. The van der Waals surface area contributed by atoms with Crippen LogP contribution in [0.3, 0.4) is 0 Å². The molecule has 0 aliphatic rings. The summed E-state index contributed by atoms with van der Waals surface area (Å²) in [5, 5.41) is 24.4. The number of hydrogen-bond acceptors (Lipinski definition) is 3. The lowest BCUT2D eigenvalue weighted by Crippen LogP contribution is -2.25. The van der Waals surface area contributed by atoms with Crippen molar-refractivity contribution >= 4 is 11.9 Å². The standard InChI is InChI=1S/C7H14O2.C3H6O3/c1-4-7(3,5-2)6(8)9;1-2(4)3(5)6/h4-5H2,1-3H3,(H,8,9);2,4H,1H3,(H,5,6). The van der Waals surface area contributed by atoms with E-state index in [-0.39, 0.29) is 0 Å². The molecule has 0 aliphatic carbocycles. The van der Waals surface area contributed by atoms with Gasteiger partial charge in [-0.1, -0.05) is 13.8 Å². The fourth-order valence-electron chi connectivity index (χ4n) is 0.552. The SMILES string of the molecule is CC(O)C(=O)O.CCC(C)(CC)C(=O)O. The minimum atomic E-state index is -1.23. The summed E-state index contributed by atoms with van der Waals surface area (Å²) in [6.45, 7) is 6.77. The molecule has 0 rings (SSSR count). The second-order valence-electron chi connectivity index (χ2n) is 3.59. The third-order valence-corrected chi connectivity index (χ3v) is 2.43. The van der Waals surface area contributed by atoms with E-state index < -0.39 is 23.5 Å². The number of aliphatic hydroxyl groups is 1. The quantitative estimate of drug-likeness (QED) is 0.664. The second-order valence-corrected chi connectivity index (χ2v) is 3.59. The highest BCUT2D eigenvalue weighted by Gasteiger charge is 2.28. The van der Waals surface area contributed by atoms with Crippen molar-refractivity contribution in [1.29, 1.82) is 0 Å². The summed E-state index contributed by atoms with van der Waals surface area (Å²) in [6, 6.07) is 0. The maximum Gasteiger partial charge on any atom is 0.332 e. The number of hydrogen-bond donors (Lipinski definition) is 3. The Morgan fingerprint density at radius 3 is 1.47 bits per heavy atom. The lowest BCUT2D eigenvalue weighted by Gasteiger charge is -2.19. The topological polar surface area (TPSA) is 94.8 Å². The maximum absolute atomic E-state index is 10.5. The molecule has 0 bridgehead atoms. The molecule has 90 valence electrons. The van der Waals surface area contributed by atoms with Crippen molar-refractivity contribution in [1.82, 2.24) is 0 Å². The van der Waals surface area contributed by atoms with Crippen molar-refractivity contribution in [3.63, 3.8) is 0 Å². The normalized spacial score (nSPS) is 12.3. The zero-order chi connectivity index (χ0) is 12.6. The number of rotatable bonds is 4. The average molecular weight is 220 g/mol. The Kier molecular flexibility index (Phi) is 7.87. The molecular weight excluding hydrogens is 200 g/mol. The molecule has 15 heavy (non-hydrogen) atoms. The van der Waals surface area contributed by atoms with Crippen molar-refractivity contribution in [2.24, 2.45) is 5.41 Å². The Hall–Kier alpha value is -1.10. The molecule has 5 heteroatoms. The van der Waals surface area contributed by atoms with E-state index in [1.807, 2.05) is 13.8 Å². The first-order chi connectivity index (χ1) is 6.71. The van der Waals surface area contributed by atoms with Gasteiger partial charge >= 0.3 is 11.9 Å². The van der Waals surface area contributed by atoms with Gasteiger partial charge in [-0.15, -0.1) is 0 Å². The van der Waals surface area contributed by atoms with Gasteiger partial charge in [-0.2, -0.15) is 0 Å². The van der Waals surface area contributed by atoms with Crippen LogP contribution in [0.15, 0.2) is 0 Å². The fraction of sp³-hybridized carbons (Fsp3) is 0.800. The van der Waals surface area contributed by atoms with E-state index in [9.17, 15) is 9.59 Å². The zero-order valence-electron chi connectivity index (χ0n) is 9.65. The van der Waals surface area contributed by atoms with E-state index in [0.29, 0.717) is 12.8 Å². The van der Waals surface area contributed by atoms with Crippen LogP contribution < -0.4 is 0 Å². The van der Waals surface area contributed by atoms with Gasteiger partial charge in [0.25, 0.3) is 0 Å². The van der Waals surface area contributed by atoms with Crippen LogP contribution in [0.5, 0.6) is 0 Å². The van der Waals surface area contributed by atoms with E-state index in [4.69, 9.17) is 15.3 Å². The van der Waals surface area contributed by atoms with Gasteiger partial charge in [0.05, 0.1) is 5.41 Å². The molecule has 3 N–H and O–H groups in total. The molecule has 0 spiro atoms. The van der Waals surface area contributed by atoms with E-state index in [2.05, 4.69) is 0 Å². The summed E-state index contributed by atoms with van der Waals surface area (Å²) in [5.74, 6) is -1.87. The summed E-state index contributed by atoms with van der Waals surface area (Å²) in [4.78, 5) is 19.9. The molecule has 0 saturated heterocycles. The molecule has 0 aromatic heterocycles. The van der Waals surface area contributed by atoms with Crippen molar-refractivity contribution in [2.45, 2.75) is 46.6 Å². The van der Waals surface area contributed by atoms with Crippen LogP contribution in [0.2, 0.25) is 0 Å². The smallest absolute Gasteiger partial charge is 0.332 e. The van der Waals surface area contributed by atoms with Gasteiger partial charge in [-0.3, -0.25) is 4.79 Å². The van der Waals surface area contributed by atoms with E-state index >= 15 is 0 Å². The van der Waals surface area contributed by atoms with Gasteiger partial charge in [0.1, 0.15) is 6.10 Å². The Labute approximate surface area is 89.7 Å². The Morgan fingerprint density at radius 1 is 1.20 bits per heavy atom. The molecule has 0 saturated carbocycles. The highest BCUT2D eigenvalue weighted by molar-refractivity contribution is 5.73. The molecule has 0 heterocycles. The minimum absolute atomic E-state index is 0.500. The maximum atomic E-state index is 10.5. The predicted octanol–water partition coefficient (Wildman–Crippen LogP) is 1.35. The zero-order valence-corrected chi connectivity index (χ0v) is 9.65. The summed E-state index contributed by atoms with van der Waals surface area (Å²) < 4.78 is 0. The molecule has 0 aromatic rings. The lowest BCUT2D eigenvalue weighted by atomic mass is 9.85. The van der Waals surface area contributed by atoms with Gasteiger partial charge in [0.2, 0.25) is 0 Å². The molecule has 0 amide bonds. The van der Waals surface area contributed by atoms with Crippen molar-refractivity contribution in [3.8, 4) is 0 Å². The number of aliphatic carboxylic acids is 2. The van der Waals surface area contributed by atoms with Gasteiger partial charge < -0.3 is 15.3 Å². The third-order valence-electron chi connectivity index (χ3n) is 2.43. The number of carboxylic acids is 2. The van der Waals surface area contributed by atoms with Crippen LogP contribution in [-0.2, 0) is 9.59 Å². The lowest BCUT2D eigenvalue weighted by molar-refractivity contribution is -0.148. The monoisotopic (exact) mass is 220 g/mol. The molecule has 1 unspecified atom stereocenters. The molecule has 0 aliphatic heterocycles. The van der Waals surface area contributed by atoms with E-state index in [1.165, 1.54) is 6.92 Å². The average Bonchev–Trinajstić information content (AvgIpc) is 2.17. The number of carboxylic acid groups (broad SMARTS) is 2. The van der Waals surface area contributed by atoms with Crippen LogP contribution in [-0.4, -0.2) is 33.4 Å². The summed E-state index contributed by atoms with van der Waals surface area (Å²) in [7, 11) is 0. The first kappa shape index (κ1) is 16.3. The van der Waals surface area contributed by atoms with Crippen LogP contribution in [0, 0.1) is 5.41 Å². The summed E-state index contributed by atoms with van der Waals surface area (Å²) >= 11 is 0. The van der Waals surface area contributed by atoms with Crippen molar-refractivity contribution < 1.29 is 24.9 Å². The molecule has 5 nitrogen and oxygen atoms in total. The van der Waals surface area contributed by atoms with Crippen LogP contribution in [0.1, 0.15) is 40.5 Å². The fourth-order valence-corrected chi connectivity index (χ4v) is 0.552. The van der Waals surface area contributed by atoms with E-state index in [1.54, 1.807) is 6.92 Å². The highest BCUT2D eigenvalue weighted by Crippen LogP contribution is 2.24. The first-order valence-corrected chi connectivity index (χ1v) is 4.85. The van der Waals surface area contributed by atoms with Crippen molar-refractivity contribution in [2.75, 3.05) is 0 Å². The largest absolute Gasteiger partial charge is 0.481 e. The van der Waals surface area contributed by atoms with Gasteiger partial charge in [-0.05, 0) is 26.7 Å². The van der Waals surface area contributed by atoms with Gasteiger partial charge in [0.15, 0.2) is 0 Å². The summed E-state index contributed by atoms with van der Waals surface area (Å²) in [6.07, 6.45) is 0.183. The molecule has 0 fully saturated rings. The molecular formula is C10H20O5. The Morgan fingerprint density at radius 2 is 1.47 bits per heavy atom. The van der Waals surface area contributed by atoms with E-state index in [0.717, 1.165) is 0 Å². The Bertz CT molecular complexity index is 206. The van der Waals surface area contributed by atoms with Crippen LogP contribution in [0.25, 0.3) is 0 Å². The first-order valence-electron chi connectivity index (χ1n) is 4.85. The highest BCUT2D eigenvalue weighted by atomic mass is 16.4. The minimum Gasteiger partial charge on any atom is -0.481 e. The van der Waals surface area contributed by atoms with Crippen molar-refractivity contribution in [3.05, 3.63) is 0 Å². The van der Waals surface area contributed by atoms with Gasteiger partial charge in [0, 0.05) is 0 Å². The molecule has 0 aromatic carbocycles. The Balaban J connectivity index is 0. The third kappa shape index (κ3) is 6.90. The number of aliphatic hydroxyl groups excluding tert-OH is 1. The molecule has 1 atom stereocenters. The van der Waals surface area contributed by atoms with Gasteiger partial charge in [-0.25, -0.2) is 4.79 Å². The van der Waals surface area contributed by atoms with Crippen LogP contribution >= 0.6 is 0 Å². The van der Waals surface area contributed by atoms with Crippen LogP contribution in [0.4, 0.5) is 0 Å². The number of carbonyl (C=O) groups is 2. The second kappa shape index (κ2) is 7.23. The molecule has 0 radical (unpaired) electrons. The summed E-state index contributed by atoms with van der Waals surface area (Å²) in [5.41, 5.74) is -0.500.